The molecule has 0 bridgehead atoms. The van der Waals surface area contributed by atoms with E-state index in [2.05, 4.69) is 25.4 Å². The van der Waals surface area contributed by atoms with Gasteiger partial charge in [-0.15, -0.1) is 6.58 Å². The number of esters is 1. The summed E-state index contributed by atoms with van der Waals surface area (Å²) in [4.78, 5) is 17.0. The van der Waals surface area contributed by atoms with Gasteiger partial charge in [-0.2, -0.15) is 0 Å². The molecule has 0 aliphatic carbocycles. The molecule has 0 N–H and O–H groups in total. The first-order valence-electron chi connectivity index (χ1n) is 17.4. The number of allylic oxidation sites excluding steroid dienone is 1. The zero-order valence-electron chi connectivity index (χ0n) is 31.9. The molecule has 0 aliphatic rings. The van der Waals surface area contributed by atoms with E-state index in [4.69, 9.17) is 28.1 Å². The zero-order valence-corrected chi connectivity index (χ0v) is 32.7. The summed E-state index contributed by atoms with van der Waals surface area (Å²) in [5, 5.41) is -1.25. The van der Waals surface area contributed by atoms with Crippen molar-refractivity contribution in [3.63, 3.8) is 0 Å². The lowest BCUT2D eigenvalue weighted by molar-refractivity contribution is -0.144. The van der Waals surface area contributed by atoms with E-state index < -0.39 is 27.2 Å². The van der Waals surface area contributed by atoms with E-state index in [0.717, 1.165) is 16.9 Å². The van der Waals surface area contributed by atoms with E-state index in [9.17, 15) is 13.2 Å². The largest absolute Gasteiger partial charge is 0.497 e. The molecule has 0 spiro atoms. The summed E-state index contributed by atoms with van der Waals surface area (Å²) in [6.45, 7) is 17.3. The molecule has 0 saturated carbocycles. The quantitative estimate of drug-likeness (QED) is 0.0601. The summed E-state index contributed by atoms with van der Waals surface area (Å²) >= 11 is 0. The molecule has 7 atom stereocenters. The molecule has 52 heavy (non-hydrogen) atoms. The monoisotopic (exact) mass is 737 g/mol. The van der Waals surface area contributed by atoms with Crippen LogP contribution in [0.2, 0.25) is 0 Å². The third-order valence-corrected chi connectivity index (χ3v) is 11.5. The summed E-state index contributed by atoms with van der Waals surface area (Å²) in [7, 11) is -0.865. The van der Waals surface area contributed by atoms with Crippen molar-refractivity contribution in [2.24, 2.45) is 17.8 Å². The minimum absolute atomic E-state index is 0.00883. The Morgan fingerprint density at radius 1 is 0.942 bits per heavy atom. The van der Waals surface area contributed by atoms with Crippen molar-refractivity contribution in [1.82, 2.24) is 4.98 Å². The Hall–Kier alpha value is -4.03. The average molecular weight is 738 g/mol. The van der Waals surface area contributed by atoms with Crippen molar-refractivity contribution in [2.45, 2.75) is 90.0 Å². The molecule has 1 aromatic heterocycles. The minimum atomic E-state index is -4.07. The Bertz CT molecular complexity index is 1730. The lowest BCUT2D eigenvalue weighted by Crippen LogP contribution is -2.38. The second-order valence-electron chi connectivity index (χ2n) is 13.2. The zero-order chi connectivity index (χ0) is 38.4. The number of carbonyl (C=O) groups is 1. The number of hydrogen-bond donors (Lipinski definition) is 0. The number of aromatic nitrogens is 1. The van der Waals surface area contributed by atoms with Crippen LogP contribution in [0.4, 0.5) is 0 Å². The fourth-order valence-electron chi connectivity index (χ4n) is 5.94. The van der Waals surface area contributed by atoms with Crippen LogP contribution >= 0.6 is 0 Å². The van der Waals surface area contributed by atoms with Gasteiger partial charge in [0, 0.05) is 33.3 Å². The lowest BCUT2D eigenvalue weighted by Gasteiger charge is -2.34. The van der Waals surface area contributed by atoms with E-state index in [0.29, 0.717) is 30.2 Å². The SMILES string of the molecule is C=C[C@H](C)[C@H](C[C@H](OCc1ccc(OC)cc1)[C@H](C)[C@@H](C)/C(C)=C/C(C(OC(C)=O)/C(C)=C/c1coc(C)n1)S(=O)(=O)c1ccccc1)OCOC. The molecule has 10 nitrogen and oxygen atoms in total. The maximum atomic E-state index is 14.5. The number of ether oxygens (including phenoxy) is 5. The summed E-state index contributed by atoms with van der Waals surface area (Å²) in [6, 6.07) is 15.9. The second-order valence-corrected chi connectivity index (χ2v) is 15.3. The Morgan fingerprint density at radius 3 is 2.17 bits per heavy atom. The highest BCUT2D eigenvalue weighted by Crippen LogP contribution is 2.33. The highest BCUT2D eigenvalue weighted by Gasteiger charge is 2.38. The van der Waals surface area contributed by atoms with Crippen LogP contribution in [0.15, 0.2) is 100 Å². The van der Waals surface area contributed by atoms with Gasteiger partial charge >= 0.3 is 5.97 Å². The van der Waals surface area contributed by atoms with Crippen molar-refractivity contribution in [2.75, 3.05) is 21.0 Å². The van der Waals surface area contributed by atoms with Crippen LogP contribution in [0.5, 0.6) is 5.75 Å². The number of sulfone groups is 1. The van der Waals surface area contributed by atoms with Crippen molar-refractivity contribution < 1.29 is 41.3 Å². The Kier molecular flexibility index (Phi) is 16.5. The first-order valence-corrected chi connectivity index (χ1v) is 19.0. The number of benzene rings is 2. The van der Waals surface area contributed by atoms with E-state index >= 15 is 0 Å². The number of hydrogen-bond acceptors (Lipinski definition) is 10. The molecule has 0 aliphatic heterocycles. The summed E-state index contributed by atoms with van der Waals surface area (Å²) < 4.78 is 63.4. The predicted octanol–water partition coefficient (Wildman–Crippen LogP) is 8.17. The van der Waals surface area contributed by atoms with Gasteiger partial charge in [-0.05, 0) is 67.2 Å². The average Bonchev–Trinajstić information content (AvgIpc) is 3.55. The highest BCUT2D eigenvalue weighted by molar-refractivity contribution is 7.92. The fourth-order valence-corrected chi connectivity index (χ4v) is 7.78. The van der Waals surface area contributed by atoms with Crippen molar-refractivity contribution in [3.8, 4) is 5.75 Å². The van der Waals surface area contributed by atoms with Crippen molar-refractivity contribution >= 4 is 21.9 Å². The van der Waals surface area contributed by atoms with Gasteiger partial charge in [0.2, 0.25) is 0 Å². The van der Waals surface area contributed by atoms with Crippen LogP contribution in [-0.2, 0) is 40.2 Å². The first kappa shape index (κ1) is 42.4. The Balaban J connectivity index is 2.08. The van der Waals surface area contributed by atoms with Gasteiger partial charge < -0.3 is 28.1 Å². The van der Waals surface area contributed by atoms with Gasteiger partial charge in [0.1, 0.15) is 35.9 Å². The van der Waals surface area contributed by atoms with E-state index in [1.54, 1.807) is 70.6 Å². The normalized spacial score (nSPS) is 16.6. The third-order valence-electron chi connectivity index (χ3n) is 9.45. The van der Waals surface area contributed by atoms with Gasteiger partial charge in [0.05, 0.1) is 30.8 Å². The number of oxazole rings is 1. The Morgan fingerprint density at radius 2 is 1.62 bits per heavy atom. The van der Waals surface area contributed by atoms with Gasteiger partial charge in [0.25, 0.3) is 0 Å². The van der Waals surface area contributed by atoms with Crippen LogP contribution in [0, 0.1) is 24.7 Å². The Labute approximate surface area is 309 Å². The molecule has 2 aromatic carbocycles. The van der Waals surface area contributed by atoms with Crippen LogP contribution in [0.1, 0.15) is 65.1 Å². The molecule has 3 aromatic rings. The van der Waals surface area contributed by atoms with Crippen molar-refractivity contribution in [1.29, 1.82) is 0 Å². The molecular weight excluding hydrogens is 683 g/mol. The molecule has 1 heterocycles. The molecule has 2 unspecified atom stereocenters. The fraction of sp³-hybridized carbons (Fsp3) is 0.463. The topological polar surface area (TPSA) is 123 Å². The molecule has 284 valence electrons. The van der Waals surface area contributed by atoms with Gasteiger partial charge in [-0.25, -0.2) is 13.4 Å². The van der Waals surface area contributed by atoms with Crippen LogP contribution in [-0.4, -0.2) is 63.9 Å². The van der Waals surface area contributed by atoms with Gasteiger partial charge in [-0.3, -0.25) is 4.79 Å². The summed E-state index contributed by atoms with van der Waals surface area (Å²) in [6.07, 6.45) is 5.54. The van der Waals surface area contributed by atoms with Crippen LogP contribution in [0.25, 0.3) is 6.08 Å². The standard InChI is InChI=1S/C41H55NO9S/c1-11-27(2)38(50-26-46-9)23-39(49-24-34-17-19-36(47-10)20-18-34)31(6)30(5)28(3)22-40(52(44,45)37-15-13-12-14-16-37)41(51-33(8)43)29(4)21-35-25-48-32(7)42-35/h11-22,25,27,30-31,38-41H,1,23-24,26H2,2-10H3/b28-22+,29-21+/t27-,30-,31+,38-,39-,40?,41?/m0/s1. The molecule has 0 amide bonds. The van der Waals surface area contributed by atoms with Crippen LogP contribution < -0.4 is 4.74 Å². The first-order chi connectivity index (χ1) is 24.7. The lowest BCUT2D eigenvalue weighted by atomic mass is 9.81. The molecule has 0 saturated heterocycles. The molecule has 3 rings (SSSR count). The maximum Gasteiger partial charge on any atom is 0.303 e. The van der Waals surface area contributed by atoms with E-state index in [-0.39, 0.29) is 41.7 Å². The highest BCUT2D eigenvalue weighted by atomic mass is 32.2. The molecule has 11 heteroatoms. The number of methoxy groups -OCH3 is 2. The van der Waals surface area contributed by atoms with E-state index in [1.165, 1.54) is 13.2 Å². The van der Waals surface area contributed by atoms with Crippen molar-refractivity contribution in [3.05, 3.63) is 108 Å². The maximum absolute atomic E-state index is 14.5. The molecule has 0 fully saturated rings. The number of nitrogens with zero attached hydrogens (tertiary/aromatic N) is 1. The smallest absolute Gasteiger partial charge is 0.303 e. The number of aryl methyl sites for hydroxylation is 1. The molecule has 0 radical (unpaired) electrons. The van der Waals surface area contributed by atoms with Crippen LogP contribution in [0.3, 0.4) is 0 Å². The minimum Gasteiger partial charge on any atom is -0.497 e. The van der Waals surface area contributed by atoms with Gasteiger partial charge in [-0.1, -0.05) is 68.8 Å². The summed E-state index contributed by atoms with van der Waals surface area (Å²) in [5.41, 5.74) is 2.76. The van der Waals surface area contributed by atoms with E-state index in [1.807, 2.05) is 44.2 Å². The predicted molar refractivity (Wildman–Crippen MR) is 202 cm³/mol. The second kappa shape index (κ2) is 20.3. The number of rotatable bonds is 21. The van der Waals surface area contributed by atoms with Gasteiger partial charge in [0.15, 0.2) is 15.7 Å². The number of carbonyl (C=O) groups excluding carboxylic acids is 1. The summed E-state index contributed by atoms with van der Waals surface area (Å²) in [5.74, 6) is 0.328. The third kappa shape index (κ3) is 12.0. The molecular formula is C41H55NO9S.